The van der Waals surface area contributed by atoms with Crippen LogP contribution in [-0.4, -0.2) is 39.9 Å². The van der Waals surface area contributed by atoms with Crippen LogP contribution in [0.2, 0.25) is 5.02 Å². The van der Waals surface area contributed by atoms with Gasteiger partial charge < -0.3 is 14.8 Å². The molecule has 0 unspecified atom stereocenters. The first-order valence-corrected chi connectivity index (χ1v) is 8.34. The van der Waals surface area contributed by atoms with Crippen LogP contribution in [-0.2, 0) is 25.6 Å². The molecule has 1 heterocycles. The number of hydrogen-bond acceptors (Lipinski definition) is 7. The maximum absolute atomic E-state index is 11.9. The summed E-state index contributed by atoms with van der Waals surface area (Å²) in [6, 6.07) is 5.26. The number of halogens is 1. The lowest BCUT2D eigenvalue weighted by molar-refractivity contribution is -0.146. The van der Waals surface area contributed by atoms with E-state index < -0.39 is 11.9 Å². The van der Waals surface area contributed by atoms with Crippen molar-refractivity contribution < 1.29 is 19.1 Å². The zero-order chi connectivity index (χ0) is 18.9. The summed E-state index contributed by atoms with van der Waals surface area (Å²) in [5, 5.41) is 7.40. The number of rotatable bonds is 8. The quantitative estimate of drug-likeness (QED) is 0.326. The Labute approximate surface area is 155 Å². The summed E-state index contributed by atoms with van der Waals surface area (Å²) in [5.74, 6) is -1.51. The molecular formula is C17H19ClN4O4. The Balaban J connectivity index is 2.14. The van der Waals surface area contributed by atoms with Crippen LogP contribution in [0.3, 0.4) is 0 Å². The number of aromatic nitrogens is 3. The lowest BCUT2D eigenvalue weighted by Gasteiger charge is -2.09. The summed E-state index contributed by atoms with van der Waals surface area (Å²) in [6.45, 7) is 4.09. The minimum atomic E-state index is -0.757. The van der Waals surface area contributed by atoms with Crippen molar-refractivity contribution in [3.8, 4) is 0 Å². The number of nitrogens with zero attached hydrogens (tertiary/aromatic N) is 3. The molecule has 0 bridgehead atoms. The molecule has 0 fully saturated rings. The molecule has 2 rings (SSSR count). The third-order valence-corrected chi connectivity index (χ3v) is 3.58. The highest BCUT2D eigenvalue weighted by Crippen LogP contribution is 2.22. The molecule has 9 heteroatoms. The van der Waals surface area contributed by atoms with Gasteiger partial charge in [-0.15, -0.1) is 0 Å². The van der Waals surface area contributed by atoms with Crippen LogP contribution in [0.4, 0.5) is 5.69 Å². The SMILES string of the molecule is CCOC(=O)C(=CNc1ccc(Cn2cncn2)c(Cl)c1)C(=O)OCC. The van der Waals surface area contributed by atoms with Crippen molar-refractivity contribution in [2.24, 2.45) is 0 Å². The van der Waals surface area contributed by atoms with Gasteiger partial charge in [0.1, 0.15) is 12.7 Å². The van der Waals surface area contributed by atoms with E-state index in [4.69, 9.17) is 21.1 Å². The molecular weight excluding hydrogens is 360 g/mol. The number of anilines is 1. The maximum atomic E-state index is 11.9. The molecule has 1 aromatic heterocycles. The molecule has 0 atom stereocenters. The Morgan fingerprint density at radius 3 is 2.46 bits per heavy atom. The number of benzene rings is 1. The zero-order valence-corrected chi connectivity index (χ0v) is 15.2. The van der Waals surface area contributed by atoms with Crippen molar-refractivity contribution in [2.45, 2.75) is 20.4 Å². The number of hydrogen-bond donors (Lipinski definition) is 1. The fraction of sp³-hybridized carbons (Fsp3) is 0.294. The predicted octanol–water partition coefficient (Wildman–Crippen LogP) is 2.40. The molecule has 0 aliphatic carbocycles. The van der Waals surface area contributed by atoms with E-state index in [1.807, 2.05) is 6.07 Å². The largest absolute Gasteiger partial charge is 0.462 e. The second kappa shape index (κ2) is 9.57. The second-order valence-electron chi connectivity index (χ2n) is 5.04. The lowest BCUT2D eigenvalue weighted by atomic mass is 10.2. The van der Waals surface area contributed by atoms with Gasteiger partial charge in [0.2, 0.25) is 0 Å². The monoisotopic (exact) mass is 378 g/mol. The summed E-state index contributed by atoms with van der Waals surface area (Å²) in [5.41, 5.74) is 1.22. The van der Waals surface area contributed by atoms with Crippen molar-refractivity contribution in [3.05, 3.63) is 53.2 Å². The standard InChI is InChI=1S/C17H19ClN4O4/c1-3-25-16(23)14(17(24)26-4-2)8-20-13-6-5-12(15(18)7-13)9-22-11-19-10-21-22/h5-8,10-11,20H,3-4,9H2,1-2H3. The van der Waals surface area contributed by atoms with Crippen LogP contribution in [0.1, 0.15) is 19.4 Å². The summed E-state index contributed by atoms with van der Waals surface area (Å²) >= 11 is 6.28. The third-order valence-electron chi connectivity index (χ3n) is 3.23. The highest BCUT2D eigenvalue weighted by atomic mass is 35.5. The second-order valence-corrected chi connectivity index (χ2v) is 5.45. The topological polar surface area (TPSA) is 95.3 Å². The molecule has 0 saturated carbocycles. The van der Waals surface area contributed by atoms with Gasteiger partial charge in [0.05, 0.1) is 19.8 Å². The molecule has 138 valence electrons. The minimum Gasteiger partial charge on any atom is -0.462 e. The Morgan fingerprint density at radius 2 is 1.92 bits per heavy atom. The average molecular weight is 379 g/mol. The Hall–Kier alpha value is -2.87. The van der Waals surface area contributed by atoms with Crippen LogP contribution in [0.15, 0.2) is 42.6 Å². The summed E-state index contributed by atoms with van der Waals surface area (Å²) < 4.78 is 11.4. The first kappa shape index (κ1) is 19.5. The summed E-state index contributed by atoms with van der Waals surface area (Å²) in [4.78, 5) is 27.7. The minimum absolute atomic E-state index is 0.151. The van der Waals surface area contributed by atoms with Gasteiger partial charge in [-0.05, 0) is 31.5 Å². The number of ether oxygens (including phenoxy) is 2. The molecule has 1 N–H and O–H groups in total. The zero-order valence-electron chi connectivity index (χ0n) is 14.4. The van der Waals surface area contributed by atoms with E-state index in [1.54, 1.807) is 37.0 Å². The summed E-state index contributed by atoms with van der Waals surface area (Å²) in [6.07, 6.45) is 4.29. The molecule has 1 aromatic carbocycles. The Morgan fingerprint density at radius 1 is 1.23 bits per heavy atom. The van der Waals surface area contributed by atoms with Crippen LogP contribution in [0, 0.1) is 0 Å². The van der Waals surface area contributed by atoms with Crippen molar-refractivity contribution >= 4 is 29.2 Å². The van der Waals surface area contributed by atoms with Crippen LogP contribution < -0.4 is 5.32 Å². The van der Waals surface area contributed by atoms with Gasteiger partial charge in [0, 0.05) is 16.9 Å². The van der Waals surface area contributed by atoms with Crippen LogP contribution in [0.5, 0.6) is 0 Å². The molecule has 0 aliphatic heterocycles. The fourth-order valence-corrected chi connectivity index (χ4v) is 2.27. The van der Waals surface area contributed by atoms with Gasteiger partial charge in [0.15, 0.2) is 5.57 Å². The third kappa shape index (κ3) is 5.32. The van der Waals surface area contributed by atoms with Crippen molar-refractivity contribution in [1.82, 2.24) is 14.8 Å². The number of carbonyl (C=O) groups excluding carboxylic acids is 2. The molecule has 26 heavy (non-hydrogen) atoms. The Bertz CT molecular complexity index is 770. The van der Waals surface area contributed by atoms with Gasteiger partial charge in [-0.2, -0.15) is 5.10 Å². The average Bonchev–Trinajstić information content (AvgIpc) is 3.11. The van der Waals surface area contributed by atoms with E-state index in [1.165, 1.54) is 12.5 Å². The van der Waals surface area contributed by atoms with Crippen molar-refractivity contribution in [2.75, 3.05) is 18.5 Å². The van der Waals surface area contributed by atoms with E-state index >= 15 is 0 Å². The van der Waals surface area contributed by atoms with Crippen molar-refractivity contribution in [1.29, 1.82) is 0 Å². The molecule has 8 nitrogen and oxygen atoms in total. The molecule has 2 aromatic rings. The Kier molecular flexibility index (Phi) is 7.16. The molecule has 0 amide bonds. The number of esters is 2. The van der Waals surface area contributed by atoms with Crippen molar-refractivity contribution in [3.63, 3.8) is 0 Å². The van der Waals surface area contributed by atoms with Crippen LogP contribution >= 0.6 is 11.6 Å². The van der Waals surface area contributed by atoms with E-state index in [2.05, 4.69) is 15.4 Å². The van der Waals surface area contributed by atoms with E-state index in [9.17, 15) is 9.59 Å². The fourth-order valence-electron chi connectivity index (χ4n) is 2.03. The number of carbonyl (C=O) groups is 2. The molecule has 0 spiro atoms. The molecule has 0 saturated heterocycles. The van der Waals surface area contributed by atoms with Gasteiger partial charge in [-0.1, -0.05) is 17.7 Å². The first-order valence-electron chi connectivity index (χ1n) is 7.97. The van der Waals surface area contributed by atoms with Gasteiger partial charge in [0.25, 0.3) is 0 Å². The van der Waals surface area contributed by atoms with E-state index in [0.717, 1.165) is 5.56 Å². The molecule has 0 radical (unpaired) electrons. The smallest absolute Gasteiger partial charge is 0.347 e. The van der Waals surface area contributed by atoms with Gasteiger partial charge in [-0.25, -0.2) is 19.3 Å². The van der Waals surface area contributed by atoms with Crippen LogP contribution in [0.25, 0.3) is 0 Å². The van der Waals surface area contributed by atoms with Gasteiger partial charge >= 0.3 is 11.9 Å². The van der Waals surface area contributed by atoms with E-state index in [-0.39, 0.29) is 18.8 Å². The highest BCUT2D eigenvalue weighted by molar-refractivity contribution is 6.31. The molecule has 0 aliphatic rings. The normalized spacial score (nSPS) is 10.1. The predicted molar refractivity (Wildman–Crippen MR) is 95.5 cm³/mol. The lowest BCUT2D eigenvalue weighted by Crippen LogP contribution is -2.19. The number of nitrogens with one attached hydrogen (secondary N) is 1. The highest BCUT2D eigenvalue weighted by Gasteiger charge is 2.20. The van der Waals surface area contributed by atoms with Gasteiger partial charge in [-0.3, -0.25) is 0 Å². The maximum Gasteiger partial charge on any atom is 0.347 e. The van der Waals surface area contributed by atoms with E-state index in [0.29, 0.717) is 17.3 Å². The first-order chi connectivity index (χ1) is 12.5. The summed E-state index contributed by atoms with van der Waals surface area (Å²) in [7, 11) is 0.